The van der Waals surface area contributed by atoms with Crippen molar-refractivity contribution < 1.29 is 22.7 Å². The molecule has 0 N–H and O–H groups in total. The van der Waals surface area contributed by atoms with Crippen LogP contribution in [0.4, 0.5) is 0 Å². The van der Waals surface area contributed by atoms with E-state index < -0.39 is 15.0 Å². The summed E-state index contributed by atoms with van der Waals surface area (Å²) in [5, 5.41) is 0. The van der Waals surface area contributed by atoms with Crippen LogP contribution < -0.4 is 0 Å². The van der Waals surface area contributed by atoms with E-state index >= 15 is 0 Å². The summed E-state index contributed by atoms with van der Waals surface area (Å²) < 4.78 is 33.1. The van der Waals surface area contributed by atoms with Gasteiger partial charge in [-0.25, -0.2) is 13.2 Å². The number of aryl methyl sites for hydroxylation is 1. The van der Waals surface area contributed by atoms with E-state index in [4.69, 9.17) is 20.2 Å². The number of carbonyl (C=O) groups is 1. The molecule has 0 aliphatic carbocycles. The third-order valence-corrected chi connectivity index (χ3v) is 4.06. The quantitative estimate of drug-likeness (QED) is 0.435. The van der Waals surface area contributed by atoms with Crippen LogP contribution in [0.3, 0.4) is 0 Å². The molecule has 0 aliphatic rings. The lowest BCUT2D eigenvalue weighted by Gasteiger charge is -2.09. The minimum absolute atomic E-state index is 0.0883. The lowest BCUT2D eigenvalue weighted by molar-refractivity contribution is 0.0277. The standard InChI is InChI=1S/C14H19ClO5S/c1-10(2)9-19-6-7-20-14(16)12-5-4-11(3)13(8-12)21(15,17)18/h4-5,8,10H,6-7,9H2,1-3H3. The highest BCUT2D eigenvalue weighted by Crippen LogP contribution is 2.21. The van der Waals surface area contributed by atoms with Gasteiger partial charge in [0.15, 0.2) is 0 Å². The Hall–Kier alpha value is -1.11. The zero-order valence-corrected chi connectivity index (χ0v) is 13.8. The van der Waals surface area contributed by atoms with Gasteiger partial charge < -0.3 is 9.47 Å². The molecule has 7 heteroatoms. The lowest BCUT2D eigenvalue weighted by Crippen LogP contribution is -2.13. The molecule has 0 aromatic heterocycles. The Morgan fingerprint density at radius 3 is 2.52 bits per heavy atom. The van der Waals surface area contributed by atoms with Gasteiger partial charge in [0.05, 0.1) is 17.1 Å². The number of hydrogen-bond acceptors (Lipinski definition) is 5. The van der Waals surface area contributed by atoms with E-state index in [1.807, 2.05) is 13.8 Å². The number of halogens is 1. The first-order valence-electron chi connectivity index (χ1n) is 6.52. The van der Waals surface area contributed by atoms with E-state index in [-0.39, 0.29) is 17.1 Å². The van der Waals surface area contributed by atoms with Gasteiger partial charge in [0.1, 0.15) is 6.61 Å². The molecule has 21 heavy (non-hydrogen) atoms. The summed E-state index contributed by atoms with van der Waals surface area (Å²) in [5.41, 5.74) is 0.616. The zero-order valence-electron chi connectivity index (χ0n) is 12.3. The SMILES string of the molecule is Cc1ccc(C(=O)OCCOCC(C)C)cc1S(=O)(=O)Cl. The maximum atomic E-state index is 11.8. The Morgan fingerprint density at radius 1 is 1.29 bits per heavy atom. The second-order valence-electron chi connectivity index (χ2n) is 5.02. The van der Waals surface area contributed by atoms with Crippen molar-refractivity contribution in [3.05, 3.63) is 29.3 Å². The molecule has 118 valence electrons. The monoisotopic (exact) mass is 334 g/mol. The molecule has 0 unspecified atom stereocenters. The first-order chi connectivity index (χ1) is 9.71. The molecule has 0 bridgehead atoms. The van der Waals surface area contributed by atoms with E-state index in [0.717, 1.165) is 0 Å². The second-order valence-corrected chi connectivity index (χ2v) is 7.56. The summed E-state index contributed by atoms with van der Waals surface area (Å²) in [6, 6.07) is 4.23. The van der Waals surface area contributed by atoms with Gasteiger partial charge >= 0.3 is 5.97 Å². The Kier molecular flexibility index (Phi) is 6.64. The summed E-state index contributed by atoms with van der Waals surface area (Å²) in [6.45, 7) is 6.65. The van der Waals surface area contributed by atoms with Crippen LogP contribution in [0.5, 0.6) is 0 Å². The van der Waals surface area contributed by atoms with Crippen molar-refractivity contribution in [3.63, 3.8) is 0 Å². The average Bonchev–Trinajstić information content (AvgIpc) is 2.36. The summed E-state index contributed by atoms with van der Waals surface area (Å²) in [4.78, 5) is 11.7. The predicted molar refractivity (Wildman–Crippen MR) is 80.2 cm³/mol. The Bertz CT molecular complexity index is 595. The number of carbonyl (C=O) groups excluding carboxylic acids is 1. The molecule has 0 heterocycles. The van der Waals surface area contributed by atoms with Gasteiger partial charge in [0.2, 0.25) is 0 Å². The number of rotatable bonds is 7. The molecule has 1 aromatic rings. The molecule has 0 fully saturated rings. The average molecular weight is 335 g/mol. The summed E-state index contributed by atoms with van der Waals surface area (Å²) in [5.74, 6) is -0.195. The molecule has 0 atom stereocenters. The van der Waals surface area contributed by atoms with Gasteiger partial charge in [-0.2, -0.15) is 0 Å². The minimum Gasteiger partial charge on any atom is -0.460 e. The summed E-state index contributed by atoms with van der Waals surface area (Å²) in [7, 11) is 1.43. The van der Waals surface area contributed by atoms with E-state index in [1.54, 1.807) is 6.92 Å². The van der Waals surface area contributed by atoms with Crippen LogP contribution in [0, 0.1) is 12.8 Å². The summed E-state index contributed by atoms with van der Waals surface area (Å²) in [6.07, 6.45) is 0. The Labute approximate surface area is 129 Å². The minimum atomic E-state index is -3.89. The molecule has 0 aliphatic heterocycles. The van der Waals surface area contributed by atoms with Crippen molar-refractivity contribution in [1.82, 2.24) is 0 Å². The van der Waals surface area contributed by atoms with Gasteiger partial charge in [-0.15, -0.1) is 0 Å². The van der Waals surface area contributed by atoms with Crippen molar-refractivity contribution >= 4 is 25.7 Å². The number of esters is 1. The highest BCUT2D eigenvalue weighted by Gasteiger charge is 2.17. The van der Waals surface area contributed by atoms with Crippen molar-refractivity contribution in [2.75, 3.05) is 19.8 Å². The number of benzene rings is 1. The van der Waals surface area contributed by atoms with Gasteiger partial charge in [0.25, 0.3) is 9.05 Å². The number of ether oxygens (including phenoxy) is 2. The molecular weight excluding hydrogens is 316 g/mol. The van der Waals surface area contributed by atoms with Crippen molar-refractivity contribution in [3.8, 4) is 0 Å². The van der Waals surface area contributed by atoms with Crippen LogP contribution in [-0.2, 0) is 18.5 Å². The topological polar surface area (TPSA) is 69.7 Å². The fraction of sp³-hybridized carbons (Fsp3) is 0.500. The molecule has 1 aromatic carbocycles. The zero-order chi connectivity index (χ0) is 16.0. The van der Waals surface area contributed by atoms with Crippen LogP contribution in [0.1, 0.15) is 29.8 Å². The number of hydrogen-bond donors (Lipinski definition) is 0. The van der Waals surface area contributed by atoms with Crippen LogP contribution in [0.25, 0.3) is 0 Å². The normalized spacial score (nSPS) is 11.7. The van der Waals surface area contributed by atoms with E-state index in [1.165, 1.54) is 18.2 Å². The molecule has 0 radical (unpaired) electrons. The highest BCUT2D eigenvalue weighted by molar-refractivity contribution is 8.13. The maximum Gasteiger partial charge on any atom is 0.338 e. The predicted octanol–water partition coefficient (Wildman–Crippen LogP) is 2.75. The molecule has 5 nitrogen and oxygen atoms in total. The molecule has 0 saturated heterocycles. The van der Waals surface area contributed by atoms with E-state index in [2.05, 4.69) is 0 Å². The van der Waals surface area contributed by atoms with Gasteiger partial charge in [-0.3, -0.25) is 0 Å². The third kappa shape index (κ3) is 6.03. The molecular formula is C14H19ClO5S. The smallest absolute Gasteiger partial charge is 0.338 e. The summed E-state index contributed by atoms with van der Waals surface area (Å²) >= 11 is 0. The maximum absolute atomic E-state index is 11.8. The van der Waals surface area contributed by atoms with Crippen molar-refractivity contribution in [2.45, 2.75) is 25.7 Å². The fourth-order valence-corrected chi connectivity index (χ4v) is 2.80. The Balaban J connectivity index is 2.63. The van der Waals surface area contributed by atoms with E-state index in [0.29, 0.717) is 24.7 Å². The van der Waals surface area contributed by atoms with Gasteiger partial charge in [-0.1, -0.05) is 19.9 Å². The largest absolute Gasteiger partial charge is 0.460 e. The van der Waals surface area contributed by atoms with Crippen LogP contribution in [0.15, 0.2) is 23.1 Å². The first kappa shape index (κ1) is 17.9. The van der Waals surface area contributed by atoms with E-state index in [9.17, 15) is 13.2 Å². The molecule has 0 saturated carbocycles. The molecule has 1 rings (SSSR count). The first-order valence-corrected chi connectivity index (χ1v) is 8.83. The van der Waals surface area contributed by atoms with Gasteiger partial charge in [0, 0.05) is 17.3 Å². The van der Waals surface area contributed by atoms with Crippen LogP contribution in [-0.4, -0.2) is 34.2 Å². The molecule has 0 amide bonds. The Morgan fingerprint density at radius 2 is 1.95 bits per heavy atom. The lowest BCUT2D eigenvalue weighted by atomic mass is 10.1. The third-order valence-electron chi connectivity index (χ3n) is 2.60. The van der Waals surface area contributed by atoms with Crippen LogP contribution >= 0.6 is 10.7 Å². The second kappa shape index (κ2) is 7.77. The fourth-order valence-electron chi connectivity index (χ4n) is 1.59. The molecule has 0 spiro atoms. The van der Waals surface area contributed by atoms with Crippen LogP contribution in [0.2, 0.25) is 0 Å². The van der Waals surface area contributed by atoms with Gasteiger partial charge in [-0.05, 0) is 30.5 Å². The van der Waals surface area contributed by atoms with Crippen molar-refractivity contribution in [1.29, 1.82) is 0 Å². The highest BCUT2D eigenvalue weighted by atomic mass is 35.7. The van der Waals surface area contributed by atoms with Crippen molar-refractivity contribution in [2.24, 2.45) is 5.92 Å².